The summed E-state index contributed by atoms with van der Waals surface area (Å²) in [5, 5.41) is 6.37. The largest absolute Gasteiger partial charge is 0.318 e. The van der Waals surface area contributed by atoms with Crippen LogP contribution in [0, 0.1) is 5.82 Å². The summed E-state index contributed by atoms with van der Waals surface area (Å²) >= 11 is 0. The van der Waals surface area contributed by atoms with E-state index in [4.69, 9.17) is 0 Å². The van der Waals surface area contributed by atoms with Crippen LogP contribution in [0.4, 0.5) is 10.1 Å². The molecule has 2 aromatic rings. The molecule has 0 aliphatic carbocycles. The van der Waals surface area contributed by atoms with Gasteiger partial charge in [0.05, 0.1) is 5.69 Å². The van der Waals surface area contributed by atoms with Gasteiger partial charge in [0.1, 0.15) is 5.82 Å². The predicted octanol–water partition coefficient (Wildman–Crippen LogP) is 1.81. The minimum atomic E-state index is -0.466. The van der Waals surface area contributed by atoms with Gasteiger partial charge in [0, 0.05) is 13.2 Å². The van der Waals surface area contributed by atoms with Crippen molar-refractivity contribution in [1.29, 1.82) is 0 Å². The molecule has 0 bridgehead atoms. The number of aryl methyl sites for hydroxylation is 1. The molecule has 0 saturated carbocycles. The standard InChI is InChI=1S/C11H10FN3O/c1-15-7-6-10(14-15)11(16)13-9-5-3-2-4-8(9)12/h2-7H,1H3,(H,13,16). The molecule has 1 heterocycles. The van der Waals surface area contributed by atoms with Gasteiger partial charge in [-0.05, 0) is 18.2 Å². The molecular weight excluding hydrogens is 209 g/mol. The van der Waals surface area contributed by atoms with Gasteiger partial charge in [-0.1, -0.05) is 12.1 Å². The van der Waals surface area contributed by atoms with Crippen molar-refractivity contribution in [3.8, 4) is 0 Å². The molecule has 0 atom stereocenters. The number of rotatable bonds is 2. The summed E-state index contributed by atoms with van der Waals surface area (Å²) in [6.45, 7) is 0. The summed E-state index contributed by atoms with van der Waals surface area (Å²) in [6, 6.07) is 7.56. The number of nitrogens with zero attached hydrogens (tertiary/aromatic N) is 2. The Morgan fingerprint density at radius 2 is 2.12 bits per heavy atom. The minimum absolute atomic E-state index is 0.151. The first-order chi connectivity index (χ1) is 7.66. The molecule has 2 rings (SSSR count). The maximum atomic E-state index is 13.2. The first-order valence-electron chi connectivity index (χ1n) is 4.72. The zero-order chi connectivity index (χ0) is 11.5. The number of anilines is 1. The van der Waals surface area contributed by atoms with Crippen molar-refractivity contribution in [2.75, 3.05) is 5.32 Å². The highest BCUT2D eigenvalue weighted by Crippen LogP contribution is 2.13. The van der Waals surface area contributed by atoms with E-state index in [2.05, 4.69) is 10.4 Å². The molecule has 5 heteroatoms. The quantitative estimate of drug-likeness (QED) is 0.837. The zero-order valence-corrected chi connectivity index (χ0v) is 8.64. The Kier molecular flexibility index (Phi) is 2.68. The third-order valence-corrected chi connectivity index (χ3v) is 2.07. The van der Waals surface area contributed by atoms with Crippen molar-refractivity contribution in [2.24, 2.45) is 7.05 Å². The fraction of sp³-hybridized carbons (Fsp3) is 0.0909. The van der Waals surface area contributed by atoms with E-state index in [-0.39, 0.29) is 11.4 Å². The lowest BCUT2D eigenvalue weighted by atomic mass is 10.3. The Labute approximate surface area is 91.7 Å². The Hall–Kier alpha value is -2.17. The Morgan fingerprint density at radius 3 is 2.75 bits per heavy atom. The van der Waals surface area contributed by atoms with Gasteiger partial charge in [-0.25, -0.2) is 4.39 Å². The molecule has 1 N–H and O–H groups in total. The second kappa shape index (κ2) is 4.14. The molecular formula is C11H10FN3O. The number of aromatic nitrogens is 2. The highest BCUT2D eigenvalue weighted by atomic mass is 19.1. The molecule has 0 unspecified atom stereocenters. The van der Waals surface area contributed by atoms with Crippen molar-refractivity contribution in [1.82, 2.24) is 9.78 Å². The zero-order valence-electron chi connectivity index (χ0n) is 8.64. The number of nitrogens with one attached hydrogen (secondary N) is 1. The number of hydrogen-bond donors (Lipinski definition) is 1. The van der Waals surface area contributed by atoms with Crippen LogP contribution in [0.2, 0.25) is 0 Å². The lowest BCUT2D eigenvalue weighted by Gasteiger charge is -2.03. The SMILES string of the molecule is Cn1ccc(C(=O)Nc2ccccc2F)n1. The molecule has 0 fully saturated rings. The molecule has 16 heavy (non-hydrogen) atoms. The molecule has 1 amide bonds. The van der Waals surface area contributed by atoms with Crippen LogP contribution >= 0.6 is 0 Å². The average Bonchev–Trinajstić information content (AvgIpc) is 2.68. The van der Waals surface area contributed by atoms with Crippen LogP contribution in [0.15, 0.2) is 36.5 Å². The van der Waals surface area contributed by atoms with Gasteiger partial charge in [-0.15, -0.1) is 0 Å². The molecule has 0 saturated heterocycles. The van der Waals surface area contributed by atoms with E-state index in [1.807, 2.05) is 0 Å². The normalized spacial score (nSPS) is 10.1. The Morgan fingerprint density at radius 1 is 1.38 bits per heavy atom. The summed E-state index contributed by atoms with van der Waals surface area (Å²) in [5.74, 6) is -0.891. The number of benzene rings is 1. The van der Waals surface area contributed by atoms with Crippen molar-refractivity contribution >= 4 is 11.6 Å². The van der Waals surface area contributed by atoms with Gasteiger partial charge >= 0.3 is 0 Å². The number of carbonyl (C=O) groups excluding carboxylic acids is 1. The van der Waals surface area contributed by atoms with Crippen molar-refractivity contribution in [3.63, 3.8) is 0 Å². The number of carbonyl (C=O) groups is 1. The van der Waals surface area contributed by atoms with E-state index in [9.17, 15) is 9.18 Å². The lowest BCUT2D eigenvalue weighted by Crippen LogP contribution is -2.13. The van der Waals surface area contributed by atoms with Gasteiger partial charge < -0.3 is 5.32 Å². The molecule has 0 aliphatic rings. The number of hydrogen-bond acceptors (Lipinski definition) is 2. The fourth-order valence-corrected chi connectivity index (χ4v) is 1.29. The predicted molar refractivity (Wildman–Crippen MR) is 57.6 cm³/mol. The molecule has 0 aliphatic heterocycles. The van der Waals surface area contributed by atoms with Gasteiger partial charge in [0.2, 0.25) is 0 Å². The monoisotopic (exact) mass is 219 g/mol. The first-order valence-corrected chi connectivity index (χ1v) is 4.72. The number of amides is 1. The minimum Gasteiger partial charge on any atom is -0.318 e. The highest BCUT2D eigenvalue weighted by Gasteiger charge is 2.10. The highest BCUT2D eigenvalue weighted by molar-refractivity contribution is 6.02. The number of para-hydroxylation sites is 1. The van der Waals surface area contributed by atoms with E-state index in [0.29, 0.717) is 0 Å². The van der Waals surface area contributed by atoms with E-state index in [1.165, 1.54) is 16.8 Å². The Balaban J connectivity index is 2.17. The van der Waals surface area contributed by atoms with E-state index in [1.54, 1.807) is 31.4 Å². The van der Waals surface area contributed by atoms with Gasteiger partial charge in [-0.2, -0.15) is 5.10 Å². The van der Waals surface area contributed by atoms with E-state index >= 15 is 0 Å². The summed E-state index contributed by atoms with van der Waals surface area (Å²) in [4.78, 5) is 11.6. The van der Waals surface area contributed by atoms with E-state index in [0.717, 1.165) is 0 Å². The molecule has 1 aromatic heterocycles. The second-order valence-corrected chi connectivity index (χ2v) is 3.31. The van der Waals surface area contributed by atoms with Crippen molar-refractivity contribution in [3.05, 3.63) is 48.0 Å². The lowest BCUT2D eigenvalue weighted by molar-refractivity contribution is 0.102. The van der Waals surface area contributed by atoms with E-state index < -0.39 is 11.7 Å². The van der Waals surface area contributed by atoms with Crippen LogP contribution in [-0.4, -0.2) is 15.7 Å². The molecule has 0 radical (unpaired) electrons. The summed E-state index contributed by atoms with van der Waals surface area (Å²) in [7, 11) is 1.71. The smallest absolute Gasteiger partial charge is 0.276 e. The first kappa shape index (κ1) is 10.4. The molecule has 1 aromatic carbocycles. The van der Waals surface area contributed by atoms with Crippen LogP contribution in [0.1, 0.15) is 10.5 Å². The number of halogens is 1. The Bertz CT molecular complexity index is 521. The molecule has 4 nitrogen and oxygen atoms in total. The molecule has 82 valence electrons. The van der Waals surface area contributed by atoms with Crippen LogP contribution < -0.4 is 5.32 Å². The maximum absolute atomic E-state index is 13.2. The van der Waals surface area contributed by atoms with Crippen molar-refractivity contribution in [2.45, 2.75) is 0 Å². The van der Waals surface area contributed by atoms with Gasteiger partial charge in [0.25, 0.3) is 5.91 Å². The van der Waals surface area contributed by atoms with Crippen LogP contribution in [-0.2, 0) is 7.05 Å². The topological polar surface area (TPSA) is 46.9 Å². The van der Waals surface area contributed by atoms with Crippen LogP contribution in [0.3, 0.4) is 0 Å². The maximum Gasteiger partial charge on any atom is 0.276 e. The van der Waals surface area contributed by atoms with Gasteiger partial charge in [-0.3, -0.25) is 9.48 Å². The summed E-state index contributed by atoms with van der Waals surface area (Å²) < 4.78 is 14.7. The second-order valence-electron chi connectivity index (χ2n) is 3.31. The van der Waals surface area contributed by atoms with Gasteiger partial charge in [0.15, 0.2) is 5.69 Å². The van der Waals surface area contributed by atoms with Crippen LogP contribution in [0.25, 0.3) is 0 Å². The summed E-state index contributed by atoms with van der Waals surface area (Å²) in [5.41, 5.74) is 0.406. The fourth-order valence-electron chi connectivity index (χ4n) is 1.29. The summed E-state index contributed by atoms with van der Waals surface area (Å²) in [6.07, 6.45) is 1.65. The third-order valence-electron chi connectivity index (χ3n) is 2.07. The molecule has 0 spiro atoms. The average molecular weight is 219 g/mol. The van der Waals surface area contributed by atoms with Crippen LogP contribution in [0.5, 0.6) is 0 Å². The third kappa shape index (κ3) is 2.08. The van der Waals surface area contributed by atoms with Crippen molar-refractivity contribution < 1.29 is 9.18 Å².